The van der Waals surface area contributed by atoms with Crippen LogP contribution in [0.15, 0.2) is 35.4 Å². The highest BCUT2D eigenvalue weighted by Crippen LogP contribution is 2.12. The standard InChI is InChI=1S/C12H10N4O/c13-6-5-12(17)16-14-8-10-7-9-3-1-2-4-11(9)15-10/h1-4,7-8,15H,5H2,(H,16,17)/b14-8-. The van der Waals surface area contributed by atoms with Gasteiger partial charge in [-0.3, -0.25) is 4.79 Å². The highest BCUT2D eigenvalue weighted by atomic mass is 16.2. The molecule has 0 saturated carbocycles. The van der Waals surface area contributed by atoms with Crippen LogP contribution in [0, 0.1) is 11.3 Å². The number of fused-ring (bicyclic) bond motifs is 1. The van der Waals surface area contributed by atoms with Crippen LogP contribution < -0.4 is 5.43 Å². The quantitative estimate of drug-likeness (QED) is 0.614. The number of nitrogens with one attached hydrogen (secondary N) is 2. The summed E-state index contributed by atoms with van der Waals surface area (Å²) in [5, 5.41) is 13.1. The predicted molar refractivity (Wildman–Crippen MR) is 64.3 cm³/mol. The zero-order valence-electron chi connectivity index (χ0n) is 8.97. The number of hydrogen-bond acceptors (Lipinski definition) is 3. The number of aromatic nitrogens is 1. The lowest BCUT2D eigenvalue weighted by Gasteiger charge is -1.91. The van der Waals surface area contributed by atoms with E-state index in [1.807, 2.05) is 30.3 Å². The monoisotopic (exact) mass is 226 g/mol. The number of aromatic amines is 1. The minimum absolute atomic E-state index is 0.190. The molecule has 84 valence electrons. The maximum Gasteiger partial charge on any atom is 0.254 e. The van der Waals surface area contributed by atoms with Crippen LogP contribution >= 0.6 is 0 Å². The number of carbonyl (C=O) groups excluding carboxylic acids is 1. The Balaban J connectivity index is 2.06. The first-order chi connectivity index (χ1) is 8.29. The highest BCUT2D eigenvalue weighted by Gasteiger charge is 1.98. The molecule has 0 fully saturated rings. The number of nitriles is 1. The van der Waals surface area contributed by atoms with E-state index in [4.69, 9.17) is 5.26 Å². The van der Waals surface area contributed by atoms with Gasteiger partial charge in [0.05, 0.1) is 18.0 Å². The summed E-state index contributed by atoms with van der Waals surface area (Å²) in [4.78, 5) is 14.1. The van der Waals surface area contributed by atoms with Crippen molar-refractivity contribution in [3.05, 3.63) is 36.0 Å². The Bertz CT molecular complexity index is 573. The van der Waals surface area contributed by atoms with Gasteiger partial charge in [0.25, 0.3) is 5.91 Å². The van der Waals surface area contributed by atoms with Gasteiger partial charge in [0.2, 0.25) is 0 Å². The van der Waals surface area contributed by atoms with Gasteiger partial charge in [-0.1, -0.05) is 18.2 Å². The Kier molecular flexibility index (Phi) is 3.17. The van der Waals surface area contributed by atoms with E-state index >= 15 is 0 Å². The number of nitrogens with zero attached hydrogens (tertiary/aromatic N) is 2. The fraction of sp³-hybridized carbons (Fsp3) is 0.0833. The summed E-state index contributed by atoms with van der Waals surface area (Å²) in [6, 6.07) is 11.5. The molecule has 17 heavy (non-hydrogen) atoms. The van der Waals surface area contributed by atoms with Gasteiger partial charge < -0.3 is 4.98 Å². The molecular formula is C12H10N4O. The molecule has 0 aliphatic heterocycles. The average Bonchev–Trinajstić information content (AvgIpc) is 2.71. The summed E-state index contributed by atoms with van der Waals surface area (Å²) in [5.41, 5.74) is 4.07. The Morgan fingerprint density at radius 3 is 3.12 bits per heavy atom. The van der Waals surface area contributed by atoms with Crippen molar-refractivity contribution >= 4 is 23.0 Å². The van der Waals surface area contributed by atoms with Gasteiger partial charge in [-0.15, -0.1) is 0 Å². The van der Waals surface area contributed by atoms with Crippen molar-refractivity contribution < 1.29 is 4.79 Å². The maximum absolute atomic E-state index is 10.9. The molecule has 0 aliphatic rings. The number of hydrazone groups is 1. The van der Waals surface area contributed by atoms with E-state index in [9.17, 15) is 4.79 Å². The molecule has 1 heterocycles. The summed E-state index contributed by atoms with van der Waals surface area (Å²) in [6.07, 6.45) is 1.32. The van der Waals surface area contributed by atoms with Gasteiger partial charge in [0, 0.05) is 10.9 Å². The van der Waals surface area contributed by atoms with E-state index < -0.39 is 5.91 Å². The van der Waals surface area contributed by atoms with Crippen LogP contribution in [0.2, 0.25) is 0 Å². The normalized spacial score (nSPS) is 10.5. The summed E-state index contributed by atoms with van der Waals surface area (Å²) >= 11 is 0. The largest absolute Gasteiger partial charge is 0.354 e. The fourth-order valence-corrected chi connectivity index (χ4v) is 1.45. The minimum atomic E-state index is -0.417. The topological polar surface area (TPSA) is 81.0 Å². The third kappa shape index (κ3) is 2.69. The van der Waals surface area contributed by atoms with Crippen molar-refractivity contribution in [2.75, 3.05) is 0 Å². The zero-order valence-corrected chi connectivity index (χ0v) is 8.97. The second-order valence-electron chi connectivity index (χ2n) is 3.44. The molecule has 2 aromatic rings. The van der Waals surface area contributed by atoms with Gasteiger partial charge in [-0.2, -0.15) is 10.4 Å². The van der Waals surface area contributed by atoms with E-state index in [0.29, 0.717) is 0 Å². The first-order valence-electron chi connectivity index (χ1n) is 5.06. The molecule has 0 atom stereocenters. The molecule has 2 N–H and O–H groups in total. The second-order valence-corrected chi connectivity index (χ2v) is 3.44. The van der Waals surface area contributed by atoms with Crippen LogP contribution in [0.1, 0.15) is 12.1 Å². The van der Waals surface area contributed by atoms with Crippen LogP contribution in [-0.2, 0) is 4.79 Å². The zero-order chi connectivity index (χ0) is 12.1. The van der Waals surface area contributed by atoms with Crippen LogP contribution in [0.4, 0.5) is 0 Å². The lowest BCUT2D eigenvalue weighted by Crippen LogP contribution is -2.16. The number of amides is 1. The molecule has 0 radical (unpaired) electrons. The Labute approximate surface area is 97.8 Å². The molecule has 1 amide bonds. The number of hydrogen-bond donors (Lipinski definition) is 2. The number of benzene rings is 1. The SMILES string of the molecule is N#CCC(=O)N/N=C\c1cc2ccccc2[nH]1. The van der Waals surface area contributed by atoms with E-state index in [1.54, 1.807) is 6.07 Å². The van der Waals surface area contributed by atoms with Gasteiger partial charge in [-0.25, -0.2) is 5.43 Å². The van der Waals surface area contributed by atoms with Crippen molar-refractivity contribution in [1.82, 2.24) is 10.4 Å². The Morgan fingerprint density at radius 2 is 2.35 bits per heavy atom. The van der Waals surface area contributed by atoms with Crippen LogP contribution in [0.3, 0.4) is 0 Å². The summed E-state index contributed by atoms with van der Waals surface area (Å²) < 4.78 is 0. The second kappa shape index (κ2) is 4.94. The number of para-hydroxylation sites is 1. The van der Waals surface area contributed by atoms with Crippen molar-refractivity contribution in [2.24, 2.45) is 5.10 Å². The Hall–Kier alpha value is -2.61. The molecule has 0 saturated heterocycles. The van der Waals surface area contributed by atoms with E-state index in [0.717, 1.165) is 16.6 Å². The van der Waals surface area contributed by atoms with Crippen molar-refractivity contribution in [3.8, 4) is 6.07 Å². The number of H-pyrrole nitrogens is 1. The van der Waals surface area contributed by atoms with Gasteiger partial charge in [0.15, 0.2) is 0 Å². The van der Waals surface area contributed by atoms with Crippen LogP contribution in [0.25, 0.3) is 10.9 Å². The first kappa shape index (κ1) is 10.9. The molecule has 1 aromatic carbocycles. The van der Waals surface area contributed by atoms with Crippen LogP contribution in [0.5, 0.6) is 0 Å². The van der Waals surface area contributed by atoms with Gasteiger partial charge in [-0.05, 0) is 12.1 Å². The maximum atomic E-state index is 10.9. The van der Waals surface area contributed by atoms with E-state index in [-0.39, 0.29) is 6.42 Å². The minimum Gasteiger partial charge on any atom is -0.354 e. The van der Waals surface area contributed by atoms with Crippen molar-refractivity contribution in [3.63, 3.8) is 0 Å². The van der Waals surface area contributed by atoms with Crippen molar-refractivity contribution in [1.29, 1.82) is 5.26 Å². The molecule has 0 bridgehead atoms. The lowest BCUT2D eigenvalue weighted by molar-refractivity contribution is -0.120. The molecule has 5 heteroatoms. The van der Waals surface area contributed by atoms with Crippen LogP contribution in [-0.4, -0.2) is 17.1 Å². The van der Waals surface area contributed by atoms with E-state index in [2.05, 4.69) is 15.5 Å². The average molecular weight is 226 g/mol. The smallest absolute Gasteiger partial charge is 0.254 e. The Morgan fingerprint density at radius 1 is 1.53 bits per heavy atom. The summed E-state index contributed by atoms with van der Waals surface area (Å²) in [5.74, 6) is -0.417. The summed E-state index contributed by atoms with van der Waals surface area (Å²) in [7, 11) is 0. The summed E-state index contributed by atoms with van der Waals surface area (Å²) in [6.45, 7) is 0. The third-order valence-corrected chi connectivity index (χ3v) is 2.18. The predicted octanol–water partition coefficient (Wildman–Crippen LogP) is 1.53. The third-order valence-electron chi connectivity index (χ3n) is 2.18. The highest BCUT2D eigenvalue weighted by molar-refractivity contribution is 5.90. The van der Waals surface area contributed by atoms with Crippen molar-refractivity contribution in [2.45, 2.75) is 6.42 Å². The number of rotatable bonds is 3. The molecule has 2 rings (SSSR count). The van der Waals surface area contributed by atoms with Gasteiger partial charge >= 0.3 is 0 Å². The van der Waals surface area contributed by atoms with E-state index in [1.165, 1.54) is 6.21 Å². The fourth-order valence-electron chi connectivity index (χ4n) is 1.45. The molecular weight excluding hydrogens is 216 g/mol. The van der Waals surface area contributed by atoms with Gasteiger partial charge in [0.1, 0.15) is 6.42 Å². The molecule has 0 aliphatic carbocycles. The molecule has 1 aromatic heterocycles. The lowest BCUT2D eigenvalue weighted by atomic mass is 10.2. The number of carbonyl (C=O) groups is 1. The first-order valence-corrected chi connectivity index (χ1v) is 5.06. The molecule has 0 spiro atoms. The molecule has 5 nitrogen and oxygen atoms in total. The molecule has 0 unspecified atom stereocenters.